The molecule has 1 aliphatic heterocycles. The summed E-state index contributed by atoms with van der Waals surface area (Å²) in [5.41, 5.74) is 1.38. The van der Waals surface area contributed by atoms with Gasteiger partial charge >= 0.3 is 0 Å². The van der Waals surface area contributed by atoms with E-state index >= 15 is 0 Å². The molecule has 7 heteroatoms. The number of halogens is 1. The van der Waals surface area contributed by atoms with Gasteiger partial charge in [-0.1, -0.05) is 24.9 Å². The molecular weight excluding hydrogens is 368 g/mol. The van der Waals surface area contributed by atoms with Crippen LogP contribution in [0.5, 0.6) is 5.75 Å². The average Bonchev–Trinajstić information content (AvgIpc) is 2.90. The zero-order chi connectivity index (χ0) is 19.6. The first kappa shape index (κ1) is 18.9. The van der Waals surface area contributed by atoms with Crippen LogP contribution in [0.3, 0.4) is 0 Å². The second-order valence-corrected chi connectivity index (χ2v) is 6.59. The summed E-state index contributed by atoms with van der Waals surface area (Å²) in [6, 6.07) is 9.41. The Kier molecular flexibility index (Phi) is 5.46. The van der Waals surface area contributed by atoms with Crippen LogP contribution in [0, 0.1) is 0 Å². The number of imide groups is 1. The Balaban J connectivity index is 1.81. The van der Waals surface area contributed by atoms with Gasteiger partial charge in [-0.2, -0.15) is 0 Å². The van der Waals surface area contributed by atoms with Crippen molar-refractivity contribution >= 4 is 35.0 Å². The fourth-order valence-corrected chi connectivity index (χ4v) is 3.16. The maximum Gasteiger partial charge on any atom is 0.261 e. The smallest absolute Gasteiger partial charge is 0.261 e. The summed E-state index contributed by atoms with van der Waals surface area (Å²) < 4.78 is 5.08. The van der Waals surface area contributed by atoms with E-state index in [1.165, 1.54) is 30.2 Å². The molecule has 0 saturated carbocycles. The largest absolute Gasteiger partial charge is 0.495 e. The lowest BCUT2D eigenvalue weighted by Gasteiger charge is -2.12. The average molecular weight is 387 g/mol. The van der Waals surface area contributed by atoms with Gasteiger partial charge in [-0.3, -0.25) is 19.3 Å². The van der Waals surface area contributed by atoms with E-state index < -0.39 is 5.91 Å². The van der Waals surface area contributed by atoms with Gasteiger partial charge in [-0.25, -0.2) is 0 Å². The zero-order valence-electron chi connectivity index (χ0n) is 15.0. The van der Waals surface area contributed by atoms with E-state index in [-0.39, 0.29) is 17.4 Å². The summed E-state index contributed by atoms with van der Waals surface area (Å²) in [6.45, 7) is 2.38. The molecule has 27 heavy (non-hydrogen) atoms. The van der Waals surface area contributed by atoms with Crippen molar-refractivity contribution in [3.8, 4) is 5.75 Å². The predicted molar refractivity (Wildman–Crippen MR) is 103 cm³/mol. The zero-order valence-corrected chi connectivity index (χ0v) is 15.8. The molecule has 3 amide bonds. The third kappa shape index (κ3) is 3.66. The minimum absolute atomic E-state index is 0.261. The number of carbonyl (C=O) groups is 3. The number of amides is 3. The molecule has 0 radical (unpaired) electrons. The van der Waals surface area contributed by atoms with Crippen molar-refractivity contribution in [3.63, 3.8) is 0 Å². The van der Waals surface area contributed by atoms with Crippen LogP contribution in [-0.2, 0) is 0 Å². The number of hydrogen-bond donors (Lipinski definition) is 1. The lowest BCUT2D eigenvalue weighted by molar-refractivity contribution is 0.0652. The SMILES string of the molecule is CCCCN1C(=O)c2ccc(C(=O)Nc3ccc(OC)c(Cl)c3)cc2C1=O. The van der Waals surface area contributed by atoms with Gasteiger partial charge in [0.25, 0.3) is 17.7 Å². The summed E-state index contributed by atoms with van der Waals surface area (Å²) in [5.74, 6) is -0.558. The van der Waals surface area contributed by atoms with Gasteiger partial charge in [0, 0.05) is 17.8 Å². The number of nitrogens with zero attached hydrogens (tertiary/aromatic N) is 1. The van der Waals surface area contributed by atoms with Crippen LogP contribution in [0.25, 0.3) is 0 Å². The summed E-state index contributed by atoms with van der Waals surface area (Å²) in [5, 5.41) is 3.10. The summed E-state index contributed by atoms with van der Waals surface area (Å²) in [7, 11) is 1.51. The maximum absolute atomic E-state index is 12.5. The lowest BCUT2D eigenvalue weighted by atomic mass is 10.1. The number of anilines is 1. The third-order valence-corrected chi connectivity index (χ3v) is 4.67. The number of nitrogens with one attached hydrogen (secondary N) is 1. The molecule has 0 spiro atoms. The number of benzene rings is 2. The molecule has 140 valence electrons. The van der Waals surface area contributed by atoms with Crippen molar-refractivity contribution in [1.29, 1.82) is 0 Å². The second-order valence-electron chi connectivity index (χ2n) is 6.18. The van der Waals surface area contributed by atoms with Gasteiger partial charge in [0.05, 0.1) is 23.3 Å². The Hall–Kier alpha value is -2.86. The highest BCUT2D eigenvalue weighted by molar-refractivity contribution is 6.32. The van der Waals surface area contributed by atoms with Crippen LogP contribution < -0.4 is 10.1 Å². The molecular formula is C20H19ClN2O4. The molecule has 1 aliphatic rings. The highest BCUT2D eigenvalue weighted by Crippen LogP contribution is 2.28. The second kappa shape index (κ2) is 7.80. The Morgan fingerprint density at radius 2 is 1.85 bits per heavy atom. The van der Waals surface area contributed by atoms with Crippen LogP contribution in [-0.4, -0.2) is 36.3 Å². The van der Waals surface area contributed by atoms with Gasteiger partial charge < -0.3 is 10.1 Å². The van der Waals surface area contributed by atoms with Crippen LogP contribution in [0.2, 0.25) is 5.02 Å². The Morgan fingerprint density at radius 3 is 2.52 bits per heavy atom. The number of unbranched alkanes of at least 4 members (excludes halogenated alkanes) is 1. The predicted octanol–water partition coefficient (Wildman–Crippen LogP) is 4.00. The van der Waals surface area contributed by atoms with E-state index in [1.807, 2.05) is 6.92 Å². The van der Waals surface area contributed by atoms with Gasteiger partial charge in [0.2, 0.25) is 0 Å². The molecule has 6 nitrogen and oxygen atoms in total. The summed E-state index contributed by atoms with van der Waals surface area (Å²) in [4.78, 5) is 38.6. The number of rotatable bonds is 6. The molecule has 0 aliphatic carbocycles. The fourth-order valence-electron chi connectivity index (χ4n) is 2.90. The Morgan fingerprint density at radius 1 is 1.11 bits per heavy atom. The summed E-state index contributed by atoms with van der Waals surface area (Å²) >= 11 is 6.06. The van der Waals surface area contributed by atoms with E-state index in [4.69, 9.17) is 16.3 Å². The number of fused-ring (bicyclic) bond motifs is 1. The molecule has 0 unspecified atom stereocenters. The van der Waals surface area contributed by atoms with Crippen molar-refractivity contribution in [1.82, 2.24) is 4.90 Å². The molecule has 0 atom stereocenters. The van der Waals surface area contributed by atoms with Crippen LogP contribution >= 0.6 is 11.6 Å². The Labute approximate surface area is 162 Å². The van der Waals surface area contributed by atoms with Crippen LogP contribution in [0.15, 0.2) is 36.4 Å². The first-order valence-electron chi connectivity index (χ1n) is 8.61. The Bertz CT molecular complexity index is 926. The van der Waals surface area contributed by atoms with Gasteiger partial charge in [-0.05, 0) is 42.8 Å². The fraction of sp³-hybridized carbons (Fsp3) is 0.250. The molecule has 1 heterocycles. The van der Waals surface area contributed by atoms with Crippen LogP contribution in [0.4, 0.5) is 5.69 Å². The van der Waals surface area contributed by atoms with E-state index in [0.717, 1.165) is 12.8 Å². The summed E-state index contributed by atoms with van der Waals surface area (Å²) in [6.07, 6.45) is 1.63. The highest BCUT2D eigenvalue weighted by atomic mass is 35.5. The monoisotopic (exact) mass is 386 g/mol. The highest BCUT2D eigenvalue weighted by Gasteiger charge is 2.35. The van der Waals surface area contributed by atoms with Crippen LogP contribution in [0.1, 0.15) is 50.8 Å². The van der Waals surface area contributed by atoms with Gasteiger partial charge in [0.1, 0.15) is 5.75 Å². The number of carbonyl (C=O) groups excluding carboxylic acids is 3. The first-order valence-corrected chi connectivity index (χ1v) is 8.99. The molecule has 0 aromatic heterocycles. The van der Waals surface area contributed by atoms with E-state index in [1.54, 1.807) is 18.2 Å². The molecule has 0 bridgehead atoms. The third-order valence-electron chi connectivity index (χ3n) is 4.38. The van der Waals surface area contributed by atoms with Crippen molar-refractivity contribution in [2.24, 2.45) is 0 Å². The minimum atomic E-state index is -0.397. The lowest BCUT2D eigenvalue weighted by Crippen LogP contribution is -2.30. The standard InChI is InChI=1S/C20H19ClN2O4/c1-3-4-9-23-19(25)14-7-5-12(10-15(14)20(23)26)18(24)22-13-6-8-17(27-2)16(21)11-13/h5-8,10-11H,3-4,9H2,1-2H3,(H,22,24). The maximum atomic E-state index is 12.5. The van der Waals surface area contributed by atoms with Crippen molar-refractivity contribution in [2.45, 2.75) is 19.8 Å². The molecule has 3 rings (SSSR count). The van der Waals surface area contributed by atoms with E-state index in [9.17, 15) is 14.4 Å². The van der Waals surface area contributed by atoms with Gasteiger partial charge in [-0.15, -0.1) is 0 Å². The minimum Gasteiger partial charge on any atom is -0.495 e. The van der Waals surface area contributed by atoms with Crippen molar-refractivity contribution in [3.05, 3.63) is 58.1 Å². The first-order chi connectivity index (χ1) is 13.0. The van der Waals surface area contributed by atoms with Crippen molar-refractivity contribution < 1.29 is 19.1 Å². The number of ether oxygens (including phenoxy) is 1. The number of methoxy groups -OCH3 is 1. The van der Waals surface area contributed by atoms with Crippen molar-refractivity contribution in [2.75, 3.05) is 19.0 Å². The van der Waals surface area contributed by atoms with Gasteiger partial charge in [0.15, 0.2) is 0 Å². The molecule has 2 aromatic carbocycles. The molecule has 0 fully saturated rings. The molecule has 2 aromatic rings. The molecule has 0 saturated heterocycles. The normalized spacial score (nSPS) is 12.9. The van der Waals surface area contributed by atoms with E-state index in [0.29, 0.717) is 34.1 Å². The van der Waals surface area contributed by atoms with E-state index in [2.05, 4.69) is 5.32 Å². The molecule has 1 N–H and O–H groups in total. The number of hydrogen-bond acceptors (Lipinski definition) is 4. The quantitative estimate of drug-likeness (QED) is 0.761. The topological polar surface area (TPSA) is 75.7 Å².